The lowest BCUT2D eigenvalue weighted by molar-refractivity contribution is -0.116. The summed E-state index contributed by atoms with van der Waals surface area (Å²) in [5.74, 6) is 2.13. The van der Waals surface area contributed by atoms with Crippen molar-refractivity contribution in [1.29, 1.82) is 0 Å². The highest BCUT2D eigenvalue weighted by atomic mass is 35.5. The van der Waals surface area contributed by atoms with Crippen molar-refractivity contribution in [2.45, 2.75) is 6.42 Å². The minimum Gasteiger partial charge on any atom is -0.497 e. The lowest BCUT2D eigenvalue weighted by Crippen LogP contribution is -2.15. The molecular weight excluding hydrogens is 346 g/mol. The number of benzene rings is 2. The van der Waals surface area contributed by atoms with Crippen molar-refractivity contribution in [3.8, 4) is 23.0 Å². The van der Waals surface area contributed by atoms with Crippen molar-refractivity contribution in [2.24, 2.45) is 0 Å². The van der Waals surface area contributed by atoms with Crippen LogP contribution in [-0.2, 0) is 4.79 Å². The van der Waals surface area contributed by atoms with Gasteiger partial charge < -0.3 is 24.3 Å². The van der Waals surface area contributed by atoms with Crippen LogP contribution in [0, 0.1) is 0 Å². The summed E-state index contributed by atoms with van der Waals surface area (Å²) < 4.78 is 21.0. The van der Waals surface area contributed by atoms with Crippen LogP contribution in [0.1, 0.15) is 6.42 Å². The Labute approximate surface area is 151 Å². The lowest BCUT2D eigenvalue weighted by Gasteiger charge is -2.13. The van der Waals surface area contributed by atoms with Gasteiger partial charge in [-0.3, -0.25) is 4.79 Å². The number of anilines is 1. The monoisotopic (exact) mass is 365 g/mol. The van der Waals surface area contributed by atoms with Crippen molar-refractivity contribution < 1.29 is 23.7 Å². The van der Waals surface area contributed by atoms with E-state index in [-0.39, 0.29) is 18.9 Å². The molecule has 0 radical (unpaired) electrons. The van der Waals surface area contributed by atoms with Crippen molar-refractivity contribution in [1.82, 2.24) is 0 Å². The van der Waals surface area contributed by atoms with Gasteiger partial charge in [-0.15, -0.1) is 0 Å². The Morgan fingerprint density at radius 1 is 0.960 bits per heavy atom. The zero-order valence-corrected chi connectivity index (χ0v) is 15.1. The largest absolute Gasteiger partial charge is 0.497 e. The Kier molecular flexibility index (Phi) is 6.77. The highest BCUT2D eigenvalue weighted by molar-refractivity contribution is 6.32. The first-order valence-electron chi connectivity index (χ1n) is 7.55. The minimum atomic E-state index is -0.215. The van der Waals surface area contributed by atoms with Gasteiger partial charge in [0.05, 0.1) is 45.1 Å². The predicted octanol–water partition coefficient (Wildman–Crippen LogP) is 3.77. The van der Waals surface area contributed by atoms with Gasteiger partial charge in [0.25, 0.3) is 0 Å². The summed E-state index contributed by atoms with van der Waals surface area (Å²) >= 11 is 6.08. The second-order valence-corrected chi connectivity index (χ2v) is 5.42. The number of nitrogens with one attached hydrogen (secondary N) is 1. The number of methoxy groups -OCH3 is 3. The molecule has 0 unspecified atom stereocenters. The molecule has 0 aliphatic carbocycles. The van der Waals surface area contributed by atoms with Crippen LogP contribution in [0.15, 0.2) is 36.4 Å². The average molecular weight is 366 g/mol. The van der Waals surface area contributed by atoms with Gasteiger partial charge in [0.2, 0.25) is 5.91 Å². The third-order valence-corrected chi connectivity index (χ3v) is 3.70. The van der Waals surface area contributed by atoms with Crippen molar-refractivity contribution >= 4 is 23.2 Å². The maximum atomic E-state index is 12.1. The molecule has 0 fully saturated rings. The van der Waals surface area contributed by atoms with Crippen LogP contribution in [0.2, 0.25) is 5.02 Å². The van der Waals surface area contributed by atoms with Crippen LogP contribution < -0.4 is 24.3 Å². The number of halogens is 1. The molecule has 2 rings (SSSR count). The first kappa shape index (κ1) is 18.7. The molecule has 0 bridgehead atoms. The summed E-state index contributed by atoms with van der Waals surface area (Å²) in [6.45, 7) is 0.240. The number of hydrogen-bond acceptors (Lipinski definition) is 5. The number of ether oxygens (including phenoxy) is 4. The fraction of sp³-hybridized carbons (Fsp3) is 0.278. The fourth-order valence-electron chi connectivity index (χ4n) is 2.10. The molecule has 0 saturated heterocycles. The molecule has 134 valence electrons. The van der Waals surface area contributed by atoms with E-state index in [0.29, 0.717) is 28.0 Å². The predicted molar refractivity (Wildman–Crippen MR) is 96.3 cm³/mol. The number of amides is 1. The molecular formula is C18H20ClNO5. The van der Waals surface area contributed by atoms with Crippen LogP contribution in [0.3, 0.4) is 0 Å². The number of carbonyl (C=O) groups is 1. The van der Waals surface area contributed by atoms with E-state index < -0.39 is 0 Å². The smallest absolute Gasteiger partial charge is 0.227 e. The summed E-state index contributed by atoms with van der Waals surface area (Å²) in [6.07, 6.45) is 0.179. The minimum absolute atomic E-state index is 0.179. The molecule has 2 aromatic rings. The second kappa shape index (κ2) is 9.03. The molecule has 0 spiro atoms. The molecule has 1 N–H and O–H groups in total. The van der Waals surface area contributed by atoms with Crippen LogP contribution in [0.25, 0.3) is 0 Å². The van der Waals surface area contributed by atoms with E-state index in [1.807, 2.05) is 0 Å². The van der Waals surface area contributed by atoms with Gasteiger partial charge in [-0.25, -0.2) is 0 Å². The van der Waals surface area contributed by atoms with Crippen molar-refractivity contribution in [3.05, 3.63) is 41.4 Å². The Morgan fingerprint density at radius 2 is 1.60 bits per heavy atom. The van der Waals surface area contributed by atoms with Gasteiger partial charge >= 0.3 is 0 Å². The first-order valence-corrected chi connectivity index (χ1v) is 7.93. The lowest BCUT2D eigenvalue weighted by atomic mass is 10.2. The third kappa shape index (κ3) is 5.19. The molecule has 0 heterocycles. The molecule has 0 aromatic heterocycles. The summed E-state index contributed by atoms with van der Waals surface area (Å²) in [5, 5.41) is 3.14. The molecule has 2 aromatic carbocycles. The molecule has 6 nitrogen and oxygen atoms in total. The summed E-state index contributed by atoms with van der Waals surface area (Å²) in [5.41, 5.74) is 0.475. The molecule has 25 heavy (non-hydrogen) atoms. The third-order valence-electron chi connectivity index (χ3n) is 3.41. The van der Waals surface area contributed by atoms with Crippen LogP contribution in [-0.4, -0.2) is 33.8 Å². The molecule has 7 heteroatoms. The maximum Gasteiger partial charge on any atom is 0.227 e. The first-order chi connectivity index (χ1) is 12.1. The Morgan fingerprint density at radius 3 is 2.20 bits per heavy atom. The fourth-order valence-corrected chi connectivity index (χ4v) is 2.34. The molecule has 1 amide bonds. The van der Waals surface area contributed by atoms with E-state index in [0.717, 1.165) is 5.75 Å². The van der Waals surface area contributed by atoms with Crippen LogP contribution in [0.5, 0.6) is 23.0 Å². The SMILES string of the molecule is COc1ccc(OCCC(=O)Nc2cc(Cl)c(OC)cc2OC)cc1. The highest BCUT2D eigenvalue weighted by Gasteiger charge is 2.12. The zero-order chi connectivity index (χ0) is 18.2. The number of hydrogen-bond donors (Lipinski definition) is 1. The van der Waals surface area contributed by atoms with E-state index in [1.54, 1.807) is 43.5 Å². The summed E-state index contributed by atoms with van der Waals surface area (Å²) in [4.78, 5) is 12.1. The average Bonchev–Trinajstić information content (AvgIpc) is 2.62. The second-order valence-electron chi connectivity index (χ2n) is 5.01. The Balaban J connectivity index is 1.90. The number of carbonyl (C=O) groups excluding carboxylic acids is 1. The van der Waals surface area contributed by atoms with Crippen LogP contribution in [0.4, 0.5) is 5.69 Å². The van der Waals surface area contributed by atoms with Crippen LogP contribution >= 0.6 is 11.6 Å². The molecule has 0 saturated carbocycles. The van der Waals surface area contributed by atoms with Gasteiger partial charge in [0.15, 0.2) is 0 Å². The molecule has 0 aliphatic rings. The van der Waals surface area contributed by atoms with Gasteiger partial charge in [0.1, 0.15) is 23.0 Å². The van der Waals surface area contributed by atoms with Gasteiger partial charge in [-0.05, 0) is 30.3 Å². The molecule has 0 atom stereocenters. The van der Waals surface area contributed by atoms with E-state index in [2.05, 4.69) is 5.32 Å². The Bertz CT molecular complexity index is 718. The zero-order valence-electron chi connectivity index (χ0n) is 14.3. The summed E-state index contributed by atoms with van der Waals surface area (Å²) in [7, 11) is 4.61. The molecule has 0 aliphatic heterocycles. The van der Waals surface area contributed by atoms with E-state index in [1.165, 1.54) is 14.2 Å². The maximum absolute atomic E-state index is 12.1. The van der Waals surface area contributed by atoms with Gasteiger partial charge in [-0.2, -0.15) is 0 Å². The van der Waals surface area contributed by atoms with Gasteiger partial charge in [-0.1, -0.05) is 11.6 Å². The van der Waals surface area contributed by atoms with E-state index >= 15 is 0 Å². The van der Waals surface area contributed by atoms with E-state index in [9.17, 15) is 4.79 Å². The normalized spacial score (nSPS) is 10.1. The standard InChI is InChI=1S/C18H20ClNO5/c1-22-12-4-6-13(7-5-12)25-9-8-18(21)20-15-10-14(19)16(23-2)11-17(15)24-3/h4-7,10-11H,8-9H2,1-3H3,(H,20,21). The van der Waals surface area contributed by atoms with E-state index in [4.69, 9.17) is 30.5 Å². The highest BCUT2D eigenvalue weighted by Crippen LogP contribution is 2.35. The van der Waals surface area contributed by atoms with Crippen molar-refractivity contribution in [2.75, 3.05) is 33.3 Å². The van der Waals surface area contributed by atoms with Gasteiger partial charge in [0, 0.05) is 6.07 Å². The summed E-state index contributed by atoms with van der Waals surface area (Å²) in [6, 6.07) is 10.3. The quantitative estimate of drug-likeness (QED) is 0.771. The topological polar surface area (TPSA) is 66.0 Å². The Hall–Kier alpha value is -2.60. The number of rotatable bonds is 8. The van der Waals surface area contributed by atoms with Crippen molar-refractivity contribution in [3.63, 3.8) is 0 Å².